The molecular weight excluding hydrogens is 354 g/mol. The molecule has 2 aromatic carbocycles. The smallest absolute Gasteiger partial charge is 0.256 e. The van der Waals surface area contributed by atoms with Crippen LogP contribution in [0, 0.1) is 0 Å². The molecule has 2 heterocycles. The zero-order chi connectivity index (χ0) is 18.6. The molecular formula is C22H23N3OS. The molecule has 1 saturated heterocycles. The summed E-state index contributed by atoms with van der Waals surface area (Å²) in [6.07, 6.45) is 0.879. The van der Waals surface area contributed by atoms with Gasteiger partial charge in [0.05, 0.1) is 11.1 Å². The summed E-state index contributed by atoms with van der Waals surface area (Å²) in [4.78, 5) is 20.3. The molecule has 5 heteroatoms. The van der Waals surface area contributed by atoms with Gasteiger partial charge < -0.3 is 10.2 Å². The Morgan fingerprint density at radius 1 is 1.11 bits per heavy atom. The van der Waals surface area contributed by atoms with Crippen molar-refractivity contribution in [3.05, 3.63) is 65.7 Å². The van der Waals surface area contributed by atoms with Crippen molar-refractivity contribution in [1.29, 1.82) is 0 Å². The number of carbonyl (C=O) groups is 1. The number of aryl methyl sites for hydroxylation is 1. The van der Waals surface area contributed by atoms with Crippen LogP contribution in [0.15, 0.2) is 54.6 Å². The number of anilines is 2. The standard InChI is InChI=1S/C22H23N3OS/c1-2-16-7-3-5-9-19(16)24-22(26)18-15-21(25-11-13-27-14-12-25)23-20-10-6-4-8-17(18)20/h3-10,15H,2,11-14H2,1H3,(H,24,26). The van der Waals surface area contributed by atoms with Crippen LogP contribution in [-0.4, -0.2) is 35.5 Å². The van der Waals surface area contributed by atoms with Crippen LogP contribution in [0.3, 0.4) is 0 Å². The lowest BCUT2D eigenvalue weighted by molar-refractivity contribution is 0.102. The predicted molar refractivity (Wildman–Crippen MR) is 115 cm³/mol. The van der Waals surface area contributed by atoms with Gasteiger partial charge in [-0.25, -0.2) is 4.98 Å². The van der Waals surface area contributed by atoms with Gasteiger partial charge in [-0.3, -0.25) is 4.79 Å². The molecule has 0 bridgehead atoms. The number of rotatable bonds is 4. The lowest BCUT2D eigenvalue weighted by Crippen LogP contribution is -2.33. The normalized spacial score (nSPS) is 14.3. The third-order valence-corrected chi connectivity index (χ3v) is 5.87. The molecule has 1 aliphatic rings. The zero-order valence-electron chi connectivity index (χ0n) is 15.4. The number of hydrogen-bond donors (Lipinski definition) is 1. The minimum absolute atomic E-state index is 0.0814. The number of nitrogens with one attached hydrogen (secondary N) is 1. The number of carbonyl (C=O) groups excluding carboxylic acids is 1. The second-order valence-corrected chi connectivity index (χ2v) is 7.83. The van der Waals surface area contributed by atoms with Crippen molar-refractivity contribution in [3.8, 4) is 0 Å². The quantitative estimate of drug-likeness (QED) is 0.722. The number of amides is 1. The molecule has 0 unspecified atom stereocenters. The Balaban J connectivity index is 1.73. The molecule has 0 saturated carbocycles. The molecule has 0 spiro atoms. The maximum atomic E-state index is 13.2. The second kappa shape index (κ2) is 8.01. The Kier molecular flexibility index (Phi) is 5.30. The average Bonchev–Trinajstić information content (AvgIpc) is 2.74. The van der Waals surface area contributed by atoms with Gasteiger partial charge in [-0.15, -0.1) is 0 Å². The van der Waals surface area contributed by atoms with Gasteiger partial charge in [-0.2, -0.15) is 11.8 Å². The lowest BCUT2D eigenvalue weighted by Gasteiger charge is -2.28. The van der Waals surface area contributed by atoms with E-state index in [-0.39, 0.29) is 5.91 Å². The molecule has 1 amide bonds. The van der Waals surface area contributed by atoms with E-state index >= 15 is 0 Å². The first-order valence-corrected chi connectivity index (χ1v) is 10.5. The van der Waals surface area contributed by atoms with Gasteiger partial charge in [0.15, 0.2) is 0 Å². The Morgan fingerprint density at radius 3 is 2.67 bits per heavy atom. The van der Waals surface area contributed by atoms with Crippen molar-refractivity contribution in [2.75, 3.05) is 34.8 Å². The molecule has 1 aromatic heterocycles. The minimum atomic E-state index is -0.0814. The predicted octanol–water partition coefficient (Wildman–Crippen LogP) is 4.60. The van der Waals surface area contributed by atoms with Gasteiger partial charge in [-0.05, 0) is 30.2 Å². The number of fused-ring (bicyclic) bond motifs is 1. The van der Waals surface area contributed by atoms with E-state index < -0.39 is 0 Å². The summed E-state index contributed by atoms with van der Waals surface area (Å²) in [6.45, 7) is 4.03. The van der Waals surface area contributed by atoms with Gasteiger partial charge in [0.2, 0.25) is 0 Å². The maximum Gasteiger partial charge on any atom is 0.256 e. The summed E-state index contributed by atoms with van der Waals surface area (Å²) in [7, 11) is 0. The first-order valence-electron chi connectivity index (χ1n) is 9.38. The van der Waals surface area contributed by atoms with Crippen molar-refractivity contribution in [2.45, 2.75) is 13.3 Å². The van der Waals surface area contributed by atoms with E-state index in [0.29, 0.717) is 5.56 Å². The summed E-state index contributed by atoms with van der Waals surface area (Å²) in [5, 5.41) is 4.00. The fourth-order valence-electron chi connectivity index (χ4n) is 3.44. The lowest BCUT2D eigenvalue weighted by atomic mass is 10.1. The summed E-state index contributed by atoms with van der Waals surface area (Å²) in [5.41, 5.74) is 3.56. The fraction of sp³-hybridized carbons (Fsp3) is 0.273. The van der Waals surface area contributed by atoms with Crippen LogP contribution in [0.25, 0.3) is 10.9 Å². The monoisotopic (exact) mass is 377 g/mol. The summed E-state index contributed by atoms with van der Waals surface area (Å²) >= 11 is 1.96. The van der Waals surface area contributed by atoms with Crippen LogP contribution in [0.2, 0.25) is 0 Å². The topological polar surface area (TPSA) is 45.2 Å². The van der Waals surface area contributed by atoms with Crippen LogP contribution in [0.4, 0.5) is 11.5 Å². The zero-order valence-corrected chi connectivity index (χ0v) is 16.3. The van der Waals surface area contributed by atoms with Gasteiger partial charge in [0.25, 0.3) is 5.91 Å². The highest BCUT2D eigenvalue weighted by molar-refractivity contribution is 7.99. The largest absolute Gasteiger partial charge is 0.355 e. The number of para-hydroxylation sites is 2. The molecule has 27 heavy (non-hydrogen) atoms. The van der Waals surface area contributed by atoms with Crippen LogP contribution in [0.5, 0.6) is 0 Å². The van der Waals surface area contributed by atoms with E-state index in [1.165, 1.54) is 0 Å². The van der Waals surface area contributed by atoms with Gasteiger partial charge in [0, 0.05) is 35.7 Å². The van der Waals surface area contributed by atoms with E-state index in [1.807, 2.05) is 60.3 Å². The van der Waals surface area contributed by atoms with Gasteiger partial charge in [-0.1, -0.05) is 43.3 Å². The third kappa shape index (κ3) is 3.78. The highest BCUT2D eigenvalue weighted by Gasteiger charge is 2.18. The van der Waals surface area contributed by atoms with E-state index in [2.05, 4.69) is 23.2 Å². The molecule has 0 atom stereocenters. The van der Waals surface area contributed by atoms with Crippen molar-refractivity contribution >= 4 is 40.1 Å². The SMILES string of the molecule is CCc1ccccc1NC(=O)c1cc(N2CCSCC2)nc2ccccc12. The van der Waals surface area contributed by atoms with Gasteiger partial charge in [0.1, 0.15) is 5.82 Å². The molecule has 0 radical (unpaired) electrons. The Hall–Kier alpha value is -2.53. The Morgan fingerprint density at radius 2 is 1.85 bits per heavy atom. The highest BCUT2D eigenvalue weighted by atomic mass is 32.2. The number of hydrogen-bond acceptors (Lipinski definition) is 4. The van der Waals surface area contributed by atoms with Crippen LogP contribution < -0.4 is 10.2 Å². The average molecular weight is 378 g/mol. The van der Waals surface area contributed by atoms with Crippen molar-refractivity contribution < 1.29 is 4.79 Å². The number of thioether (sulfide) groups is 1. The van der Waals surface area contributed by atoms with Gasteiger partial charge >= 0.3 is 0 Å². The summed E-state index contributed by atoms with van der Waals surface area (Å²) in [5.74, 6) is 3.00. The van der Waals surface area contributed by atoms with Crippen molar-refractivity contribution in [3.63, 3.8) is 0 Å². The molecule has 4 nitrogen and oxygen atoms in total. The fourth-order valence-corrected chi connectivity index (χ4v) is 4.35. The van der Waals surface area contributed by atoms with Crippen LogP contribution in [0.1, 0.15) is 22.8 Å². The van der Waals surface area contributed by atoms with E-state index in [4.69, 9.17) is 4.98 Å². The van der Waals surface area contributed by atoms with Crippen molar-refractivity contribution in [1.82, 2.24) is 4.98 Å². The molecule has 0 aliphatic carbocycles. The highest BCUT2D eigenvalue weighted by Crippen LogP contribution is 2.26. The molecule has 138 valence electrons. The molecule has 3 aromatic rings. The van der Waals surface area contributed by atoms with E-state index in [9.17, 15) is 4.79 Å². The Bertz CT molecular complexity index is 967. The number of nitrogens with zero attached hydrogens (tertiary/aromatic N) is 2. The Labute approximate surface area is 164 Å². The number of pyridine rings is 1. The number of aromatic nitrogens is 1. The van der Waals surface area contributed by atoms with E-state index in [1.54, 1.807) is 0 Å². The van der Waals surface area contributed by atoms with Crippen molar-refractivity contribution in [2.24, 2.45) is 0 Å². The number of benzene rings is 2. The molecule has 4 rings (SSSR count). The first kappa shape index (κ1) is 17.9. The maximum absolute atomic E-state index is 13.2. The minimum Gasteiger partial charge on any atom is -0.355 e. The van der Waals surface area contributed by atoms with E-state index in [0.717, 1.165) is 59.0 Å². The first-order chi connectivity index (χ1) is 13.3. The second-order valence-electron chi connectivity index (χ2n) is 6.61. The molecule has 1 N–H and O–H groups in total. The summed E-state index contributed by atoms with van der Waals surface area (Å²) in [6, 6.07) is 17.8. The third-order valence-electron chi connectivity index (χ3n) is 4.93. The molecule has 1 aliphatic heterocycles. The van der Waals surface area contributed by atoms with Crippen LogP contribution >= 0.6 is 11.8 Å². The molecule has 1 fully saturated rings. The van der Waals surface area contributed by atoms with Crippen LogP contribution in [-0.2, 0) is 6.42 Å². The summed E-state index contributed by atoms with van der Waals surface area (Å²) < 4.78 is 0.